The highest BCUT2D eigenvalue weighted by molar-refractivity contribution is 5.56. The second-order valence-corrected chi connectivity index (χ2v) is 8.80. The first-order chi connectivity index (χ1) is 14.5. The minimum Gasteiger partial charge on any atom is -0.493 e. The zero-order valence-electron chi connectivity index (χ0n) is 19.6. The van der Waals surface area contributed by atoms with Crippen molar-refractivity contribution in [3.8, 4) is 23.3 Å². The second kappa shape index (κ2) is 12.1. The summed E-state index contributed by atoms with van der Waals surface area (Å²) in [5.41, 5.74) is 0.328. The molecule has 2 rings (SSSR count). The summed E-state index contributed by atoms with van der Waals surface area (Å²) >= 11 is 0. The van der Waals surface area contributed by atoms with Crippen molar-refractivity contribution < 1.29 is 14.2 Å². The van der Waals surface area contributed by atoms with Crippen LogP contribution in [0.1, 0.15) is 70.8 Å². The molecule has 0 bridgehead atoms. The van der Waals surface area contributed by atoms with Gasteiger partial charge in [0.25, 0.3) is 0 Å². The van der Waals surface area contributed by atoms with Gasteiger partial charge in [0.05, 0.1) is 32.8 Å². The number of ether oxygens (including phenoxy) is 3. The molecule has 1 N–H and O–H groups in total. The molecule has 1 aromatic rings. The molecule has 0 aliphatic heterocycles. The minimum atomic E-state index is -0.599. The second-order valence-electron chi connectivity index (χ2n) is 8.80. The number of nitrogens with zero attached hydrogens (tertiary/aromatic N) is 1. The van der Waals surface area contributed by atoms with E-state index >= 15 is 0 Å². The zero-order valence-corrected chi connectivity index (χ0v) is 19.6. The van der Waals surface area contributed by atoms with Crippen LogP contribution in [-0.2, 0) is 5.41 Å². The van der Waals surface area contributed by atoms with Crippen LogP contribution in [-0.4, -0.2) is 34.4 Å². The van der Waals surface area contributed by atoms with Gasteiger partial charge in [0, 0.05) is 0 Å². The van der Waals surface area contributed by atoms with Crippen molar-refractivity contribution >= 4 is 0 Å². The third kappa shape index (κ3) is 5.82. The van der Waals surface area contributed by atoms with Gasteiger partial charge < -0.3 is 19.5 Å². The van der Waals surface area contributed by atoms with Gasteiger partial charge in [-0.3, -0.25) is 0 Å². The summed E-state index contributed by atoms with van der Waals surface area (Å²) in [5, 5.41) is 13.8. The van der Waals surface area contributed by atoms with E-state index in [0.29, 0.717) is 17.2 Å². The predicted molar refractivity (Wildman–Crippen MR) is 122 cm³/mol. The maximum atomic E-state index is 10.2. The quantitative estimate of drug-likeness (QED) is 0.458. The van der Waals surface area contributed by atoms with Crippen LogP contribution in [0.25, 0.3) is 0 Å². The van der Waals surface area contributed by atoms with Gasteiger partial charge >= 0.3 is 0 Å². The average Bonchev–Trinajstić information content (AvgIpc) is 2.78. The smallest absolute Gasteiger partial charge is 0.203 e. The molecule has 1 unspecified atom stereocenters. The van der Waals surface area contributed by atoms with Crippen LogP contribution in [0.4, 0.5) is 0 Å². The SMILES string of the molecule is COc1cc(C(C#N)(CCCNCCC2CCCCC2)C(C)C)cc(OC)c1OC. The van der Waals surface area contributed by atoms with E-state index < -0.39 is 5.41 Å². The minimum absolute atomic E-state index is 0.160. The maximum Gasteiger partial charge on any atom is 0.203 e. The third-order valence-electron chi connectivity index (χ3n) is 6.74. The van der Waals surface area contributed by atoms with Crippen molar-refractivity contribution in [1.29, 1.82) is 5.26 Å². The molecular weight excluding hydrogens is 376 g/mol. The van der Waals surface area contributed by atoms with Gasteiger partial charge in [0.2, 0.25) is 5.75 Å². The summed E-state index contributed by atoms with van der Waals surface area (Å²) in [6.07, 6.45) is 10.0. The van der Waals surface area contributed by atoms with E-state index in [-0.39, 0.29) is 5.92 Å². The molecule has 0 spiro atoms. The van der Waals surface area contributed by atoms with Crippen molar-refractivity contribution in [3.63, 3.8) is 0 Å². The van der Waals surface area contributed by atoms with Gasteiger partial charge in [-0.05, 0) is 61.9 Å². The van der Waals surface area contributed by atoms with Crippen molar-refractivity contribution in [3.05, 3.63) is 17.7 Å². The molecule has 1 saturated carbocycles. The number of methoxy groups -OCH3 is 3. The van der Waals surface area contributed by atoms with E-state index in [2.05, 4.69) is 25.2 Å². The lowest BCUT2D eigenvalue weighted by atomic mass is 9.69. The fourth-order valence-corrected chi connectivity index (χ4v) is 4.75. The van der Waals surface area contributed by atoms with E-state index in [1.54, 1.807) is 21.3 Å². The van der Waals surface area contributed by atoms with Gasteiger partial charge in [0.1, 0.15) is 0 Å². The van der Waals surface area contributed by atoms with Gasteiger partial charge in [-0.25, -0.2) is 0 Å². The fraction of sp³-hybridized carbons (Fsp3) is 0.720. The van der Waals surface area contributed by atoms with Gasteiger partial charge in [-0.1, -0.05) is 46.0 Å². The number of hydrogen-bond donors (Lipinski definition) is 1. The Morgan fingerprint density at radius 1 is 1.03 bits per heavy atom. The van der Waals surface area contributed by atoms with Crippen LogP contribution in [0.2, 0.25) is 0 Å². The Bertz CT molecular complexity index is 667. The number of rotatable bonds is 12. The molecule has 1 fully saturated rings. The van der Waals surface area contributed by atoms with Crippen LogP contribution < -0.4 is 19.5 Å². The summed E-state index contributed by atoms with van der Waals surface area (Å²) in [6, 6.07) is 6.50. The van der Waals surface area contributed by atoms with Gasteiger partial charge in [-0.15, -0.1) is 0 Å². The first kappa shape index (κ1) is 24.3. The van der Waals surface area contributed by atoms with E-state index in [4.69, 9.17) is 14.2 Å². The molecule has 0 amide bonds. The molecule has 168 valence electrons. The van der Waals surface area contributed by atoms with E-state index in [1.165, 1.54) is 38.5 Å². The molecule has 1 aliphatic rings. The highest BCUT2D eigenvalue weighted by Crippen LogP contribution is 2.45. The van der Waals surface area contributed by atoms with Crippen molar-refractivity contribution in [2.75, 3.05) is 34.4 Å². The van der Waals surface area contributed by atoms with E-state index in [0.717, 1.165) is 37.4 Å². The molecule has 0 radical (unpaired) electrons. The lowest BCUT2D eigenvalue weighted by Crippen LogP contribution is -2.32. The molecule has 1 aromatic carbocycles. The Labute approximate surface area is 183 Å². The Balaban J connectivity index is 2.04. The van der Waals surface area contributed by atoms with Crippen molar-refractivity contribution in [1.82, 2.24) is 5.32 Å². The summed E-state index contributed by atoms with van der Waals surface area (Å²) in [7, 11) is 4.82. The summed E-state index contributed by atoms with van der Waals surface area (Å²) in [4.78, 5) is 0. The molecule has 5 heteroatoms. The summed E-state index contributed by atoms with van der Waals surface area (Å²) in [5.74, 6) is 2.81. The number of benzene rings is 1. The Morgan fingerprint density at radius 3 is 2.17 bits per heavy atom. The van der Waals surface area contributed by atoms with Gasteiger partial charge in [-0.2, -0.15) is 5.26 Å². The predicted octanol–water partition coefficient (Wildman–Crippen LogP) is 5.47. The summed E-state index contributed by atoms with van der Waals surface area (Å²) in [6.45, 7) is 6.25. The lowest BCUT2D eigenvalue weighted by molar-refractivity contribution is 0.315. The molecule has 5 nitrogen and oxygen atoms in total. The third-order valence-corrected chi connectivity index (χ3v) is 6.74. The summed E-state index contributed by atoms with van der Waals surface area (Å²) < 4.78 is 16.5. The van der Waals surface area contributed by atoms with Crippen molar-refractivity contribution in [2.24, 2.45) is 11.8 Å². The van der Waals surface area contributed by atoms with Crippen molar-refractivity contribution in [2.45, 2.75) is 70.6 Å². The first-order valence-electron chi connectivity index (χ1n) is 11.4. The normalized spacial score (nSPS) is 16.7. The highest BCUT2D eigenvalue weighted by atomic mass is 16.5. The average molecular weight is 417 g/mol. The number of nitriles is 1. The topological polar surface area (TPSA) is 63.5 Å². The largest absolute Gasteiger partial charge is 0.493 e. The Hall–Kier alpha value is -1.93. The molecular formula is C25H40N2O3. The Morgan fingerprint density at radius 2 is 1.67 bits per heavy atom. The first-order valence-corrected chi connectivity index (χ1v) is 11.4. The molecule has 0 saturated heterocycles. The maximum absolute atomic E-state index is 10.2. The van der Waals surface area contributed by atoms with Crippen LogP contribution >= 0.6 is 0 Å². The van der Waals surface area contributed by atoms with Crippen LogP contribution in [0.15, 0.2) is 12.1 Å². The zero-order chi connectivity index (χ0) is 22.0. The van der Waals surface area contributed by atoms with E-state index in [1.807, 2.05) is 12.1 Å². The fourth-order valence-electron chi connectivity index (χ4n) is 4.75. The molecule has 30 heavy (non-hydrogen) atoms. The van der Waals surface area contributed by atoms with E-state index in [9.17, 15) is 5.26 Å². The molecule has 0 heterocycles. The molecule has 1 atom stereocenters. The highest BCUT2D eigenvalue weighted by Gasteiger charge is 2.37. The molecule has 1 aliphatic carbocycles. The van der Waals surface area contributed by atoms with Crippen LogP contribution in [0, 0.1) is 23.2 Å². The number of nitrogens with one attached hydrogen (secondary N) is 1. The van der Waals surface area contributed by atoms with Crippen LogP contribution in [0.5, 0.6) is 17.2 Å². The molecule has 0 aromatic heterocycles. The standard InChI is InChI=1S/C25H40N2O3/c1-19(2)25(18-26,13-9-14-27-15-12-20-10-7-6-8-11-20)21-16-22(28-3)24(30-5)23(17-21)29-4/h16-17,19-20,27H,6-15H2,1-5H3. The lowest BCUT2D eigenvalue weighted by Gasteiger charge is -2.32. The monoisotopic (exact) mass is 416 g/mol. The van der Waals surface area contributed by atoms with Gasteiger partial charge in [0.15, 0.2) is 11.5 Å². The van der Waals surface area contributed by atoms with Crippen LogP contribution in [0.3, 0.4) is 0 Å². The Kier molecular flexibility index (Phi) is 9.78. The number of hydrogen-bond acceptors (Lipinski definition) is 5.